The molecule has 1 aromatic rings. The van der Waals surface area contributed by atoms with Crippen molar-refractivity contribution in [3.05, 3.63) is 34.6 Å². The number of carbonyl (C=O) groups is 3. The second-order valence-electron chi connectivity index (χ2n) is 4.55. The maximum Gasteiger partial charge on any atom is 0.324 e. The monoisotopic (exact) mass is 313 g/mol. The Morgan fingerprint density at radius 2 is 2.19 bits per heavy atom. The lowest BCUT2D eigenvalue weighted by molar-refractivity contribution is -0.125. The summed E-state index contributed by atoms with van der Waals surface area (Å²) in [6.45, 7) is 0.238. The number of hydrogen-bond donors (Lipinski definition) is 2. The molecule has 6 nitrogen and oxygen atoms in total. The fraction of sp³-hybridized carbons (Fsp3) is 0.308. The van der Waals surface area contributed by atoms with Gasteiger partial charge in [0, 0.05) is 19.5 Å². The van der Waals surface area contributed by atoms with Crippen LogP contribution in [-0.2, 0) is 16.1 Å². The number of hydrogen-bond acceptors (Lipinski definition) is 3. The predicted octanol–water partition coefficient (Wildman–Crippen LogP) is 1.04. The van der Waals surface area contributed by atoms with Crippen molar-refractivity contribution in [2.45, 2.75) is 13.0 Å². The molecule has 0 bridgehead atoms. The zero-order chi connectivity index (χ0) is 15.4. The molecular weight excluding hydrogens is 301 g/mol. The third-order valence-corrected chi connectivity index (χ3v) is 3.24. The van der Waals surface area contributed by atoms with E-state index in [1.165, 1.54) is 23.1 Å². The third kappa shape index (κ3) is 4.16. The first-order valence-electron chi connectivity index (χ1n) is 6.25. The van der Waals surface area contributed by atoms with E-state index in [1.54, 1.807) is 0 Å². The molecular formula is C13H13ClFN3O3. The zero-order valence-corrected chi connectivity index (χ0v) is 11.7. The van der Waals surface area contributed by atoms with E-state index in [-0.39, 0.29) is 42.9 Å². The zero-order valence-electron chi connectivity index (χ0n) is 11.0. The van der Waals surface area contributed by atoms with Gasteiger partial charge in [-0.2, -0.15) is 0 Å². The van der Waals surface area contributed by atoms with Crippen molar-refractivity contribution < 1.29 is 18.8 Å². The Morgan fingerprint density at radius 3 is 2.86 bits per heavy atom. The molecule has 0 saturated carbocycles. The van der Waals surface area contributed by atoms with Crippen LogP contribution in [0.4, 0.5) is 9.18 Å². The summed E-state index contributed by atoms with van der Waals surface area (Å²) in [5, 5.41) is 4.71. The van der Waals surface area contributed by atoms with Gasteiger partial charge in [-0.1, -0.05) is 17.7 Å². The Hall–Kier alpha value is -2.15. The standard InChI is InChI=1S/C13H13ClFN3O3/c14-9-5-8(1-2-10(9)15)6-16-12(20)7-18-4-3-11(19)17-13(18)21/h1-2,5H,3-4,6-7H2,(H,16,20)(H,17,19,21). The minimum atomic E-state index is -0.578. The van der Waals surface area contributed by atoms with Gasteiger partial charge in [-0.3, -0.25) is 14.9 Å². The minimum absolute atomic E-state index is 0.0179. The summed E-state index contributed by atoms with van der Waals surface area (Å²) in [6.07, 6.45) is 0.173. The smallest absolute Gasteiger partial charge is 0.324 e. The highest BCUT2D eigenvalue weighted by Crippen LogP contribution is 2.15. The number of imide groups is 1. The van der Waals surface area contributed by atoms with Crippen LogP contribution in [0.25, 0.3) is 0 Å². The van der Waals surface area contributed by atoms with E-state index in [2.05, 4.69) is 10.6 Å². The number of urea groups is 1. The SMILES string of the molecule is O=C(CN1CCC(=O)NC1=O)NCc1ccc(F)c(Cl)c1. The molecule has 1 aliphatic rings. The van der Waals surface area contributed by atoms with Crippen molar-refractivity contribution in [2.75, 3.05) is 13.1 Å². The number of rotatable bonds is 4. The fourth-order valence-electron chi connectivity index (χ4n) is 1.83. The molecule has 4 amide bonds. The fourth-order valence-corrected chi connectivity index (χ4v) is 2.03. The molecule has 0 aliphatic carbocycles. The highest BCUT2D eigenvalue weighted by molar-refractivity contribution is 6.30. The lowest BCUT2D eigenvalue weighted by Gasteiger charge is -2.25. The van der Waals surface area contributed by atoms with E-state index in [9.17, 15) is 18.8 Å². The maximum absolute atomic E-state index is 13.0. The first-order valence-corrected chi connectivity index (χ1v) is 6.63. The van der Waals surface area contributed by atoms with Crippen molar-refractivity contribution >= 4 is 29.4 Å². The van der Waals surface area contributed by atoms with Gasteiger partial charge >= 0.3 is 6.03 Å². The molecule has 0 aromatic heterocycles. The molecule has 0 atom stereocenters. The summed E-state index contributed by atoms with van der Waals surface area (Å²) in [6, 6.07) is 3.57. The molecule has 8 heteroatoms. The number of halogens is 2. The molecule has 1 fully saturated rings. The van der Waals surface area contributed by atoms with Crippen LogP contribution in [-0.4, -0.2) is 35.8 Å². The van der Waals surface area contributed by atoms with E-state index >= 15 is 0 Å². The summed E-state index contributed by atoms with van der Waals surface area (Å²) >= 11 is 5.64. The van der Waals surface area contributed by atoms with Gasteiger partial charge < -0.3 is 10.2 Å². The highest BCUT2D eigenvalue weighted by Gasteiger charge is 2.24. The molecule has 2 N–H and O–H groups in total. The Bertz CT molecular complexity index is 594. The van der Waals surface area contributed by atoms with Crippen molar-refractivity contribution in [1.29, 1.82) is 0 Å². The molecule has 21 heavy (non-hydrogen) atoms. The largest absolute Gasteiger partial charge is 0.350 e. The number of benzene rings is 1. The van der Waals surface area contributed by atoms with Crippen molar-refractivity contribution in [2.24, 2.45) is 0 Å². The number of nitrogens with one attached hydrogen (secondary N) is 2. The predicted molar refractivity (Wildman–Crippen MR) is 73.0 cm³/mol. The first kappa shape index (κ1) is 15.2. The van der Waals surface area contributed by atoms with Crippen LogP contribution in [0.15, 0.2) is 18.2 Å². The molecule has 1 heterocycles. The molecule has 2 rings (SSSR count). The van der Waals surface area contributed by atoms with E-state index in [1.807, 2.05) is 0 Å². The summed E-state index contributed by atoms with van der Waals surface area (Å²) in [7, 11) is 0. The Balaban J connectivity index is 1.83. The summed E-state index contributed by atoms with van der Waals surface area (Å²) in [4.78, 5) is 35.4. The van der Waals surface area contributed by atoms with Crippen LogP contribution in [0, 0.1) is 5.82 Å². The number of nitrogens with zero attached hydrogens (tertiary/aromatic N) is 1. The van der Waals surface area contributed by atoms with Gasteiger partial charge in [0.1, 0.15) is 12.4 Å². The van der Waals surface area contributed by atoms with Gasteiger partial charge in [0.25, 0.3) is 0 Å². The molecule has 0 spiro atoms. The van der Waals surface area contributed by atoms with Crippen LogP contribution in [0.1, 0.15) is 12.0 Å². The lowest BCUT2D eigenvalue weighted by Crippen LogP contribution is -2.52. The summed E-state index contributed by atoms with van der Waals surface area (Å²) in [5.41, 5.74) is 0.646. The van der Waals surface area contributed by atoms with E-state index < -0.39 is 11.8 Å². The maximum atomic E-state index is 13.0. The molecule has 112 valence electrons. The van der Waals surface area contributed by atoms with E-state index in [4.69, 9.17) is 11.6 Å². The number of carbonyl (C=O) groups excluding carboxylic acids is 3. The average molecular weight is 314 g/mol. The number of amides is 4. The average Bonchev–Trinajstić information content (AvgIpc) is 2.43. The highest BCUT2D eigenvalue weighted by atomic mass is 35.5. The van der Waals surface area contributed by atoms with Gasteiger partial charge in [-0.15, -0.1) is 0 Å². The van der Waals surface area contributed by atoms with Gasteiger partial charge in [0.2, 0.25) is 11.8 Å². The van der Waals surface area contributed by atoms with Crippen LogP contribution in [0.2, 0.25) is 5.02 Å². The summed E-state index contributed by atoms with van der Waals surface area (Å²) in [5.74, 6) is -1.25. The van der Waals surface area contributed by atoms with Gasteiger partial charge in [-0.05, 0) is 17.7 Å². The lowest BCUT2D eigenvalue weighted by atomic mass is 10.2. The Kier molecular flexibility index (Phi) is 4.74. The Morgan fingerprint density at radius 1 is 1.43 bits per heavy atom. The van der Waals surface area contributed by atoms with Crippen LogP contribution < -0.4 is 10.6 Å². The van der Waals surface area contributed by atoms with Gasteiger partial charge in [0.05, 0.1) is 5.02 Å². The second kappa shape index (κ2) is 6.53. The van der Waals surface area contributed by atoms with Gasteiger partial charge in [-0.25, -0.2) is 9.18 Å². The topological polar surface area (TPSA) is 78.5 Å². The van der Waals surface area contributed by atoms with Crippen molar-refractivity contribution in [3.8, 4) is 0 Å². The van der Waals surface area contributed by atoms with E-state index in [0.29, 0.717) is 5.56 Å². The van der Waals surface area contributed by atoms with Crippen molar-refractivity contribution in [3.63, 3.8) is 0 Å². The first-order chi connectivity index (χ1) is 9.95. The van der Waals surface area contributed by atoms with E-state index in [0.717, 1.165) is 0 Å². The quantitative estimate of drug-likeness (QED) is 0.871. The van der Waals surface area contributed by atoms with Crippen LogP contribution >= 0.6 is 11.6 Å². The summed E-state index contributed by atoms with van der Waals surface area (Å²) < 4.78 is 13.0. The molecule has 1 aliphatic heterocycles. The molecule has 1 saturated heterocycles. The van der Waals surface area contributed by atoms with Crippen LogP contribution in [0.3, 0.4) is 0 Å². The molecule has 0 radical (unpaired) electrons. The third-order valence-electron chi connectivity index (χ3n) is 2.95. The van der Waals surface area contributed by atoms with Gasteiger partial charge in [0.15, 0.2) is 0 Å². The van der Waals surface area contributed by atoms with Crippen LogP contribution in [0.5, 0.6) is 0 Å². The van der Waals surface area contributed by atoms with Crippen molar-refractivity contribution in [1.82, 2.24) is 15.5 Å². The second-order valence-corrected chi connectivity index (χ2v) is 4.96. The normalized spacial score (nSPS) is 14.9. The molecule has 0 unspecified atom stereocenters. The minimum Gasteiger partial charge on any atom is -0.350 e. The molecule has 1 aromatic carbocycles. The Labute approximate surface area is 125 Å².